The molecule has 1 atom stereocenters. The molecule has 0 aliphatic rings. The van der Waals surface area contributed by atoms with Crippen LogP contribution >= 0.6 is 0 Å². The number of carbonyl (C=O) groups excluding carboxylic acids is 2. The lowest BCUT2D eigenvalue weighted by molar-refractivity contribution is -0.166. The molecule has 3 rings (SSSR count). The zero-order chi connectivity index (χ0) is 19.1. The number of hydrogen-bond donors (Lipinski definition) is 0. The molecule has 0 amide bonds. The van der Waals surface area contributed by atoms with Crippen molar-refractivity contribution in [3.8, 4) is 11.4 Å². The Morgan fingerprint density at radius 3 is 2.37 bits per heavy atom. The summed E-state index contributed by atoms with van der Waals surface area (Å²) in [5.74, 6) is -0.428. The van der Waals surface area contributed by atoms with Crippen molar-refractivity contribution in [2.75, 3.05) is 7.11 Å². The summed E-state index contributed by atoms with van der Waals surface area (Å²) in [7, 11) is 1.25. The highest BCUT2D eigenvalue weighted by Crippen LogP contribution is 2.20. The van der Waals surface area contributed by atoms with E-state index in [0.717, 1.165) is 5.56 Å². The second kappa shape index (κ2) is 8.75. The first-order valence-electron chi connectivity index (χ1n) is 8.37. The molecule has 7 nitrogen and oxygen atoms in total. The lowest BCUT2D eigenvalue weighted by atomic mass is 10.1. The van der Waals surface area contributed by atoms with E-state index in [4.69, 9.17) is 14.0 Å². The SMILES string of the molecule is COC(=O)C(OC(=O)CCc1nc(-c2ccccc2)no1)c1ccccc1. The average molecular weight is 366 g/mol. The zero-order valence-corrected chi connectivity index (χ0v) is 14.7. The van der Waals surface area contributed by atoms with Crippen molar-refractivity contribution in [2.45, 2.75) is 18.9 Å². The first-order valence-corrected chi connectivity index (χ1v) is 8.37. The summed E-state index contributed by atoms with van der Waals surface area (Å²) < 4.78 is 15.2. The monoisotopic (exact) mass is 366 g/mol. The summed E-state index contributed by atoms with van der Waals surface area (Å²) in [6.45, 7) is 0. The van der Waals surface area contributed by atoms with Crippen LogP contribution in [-0.4, -0.2) is 29.2 Å². The third-order valence-corrected chi connectivity index (χ3v) is 3.81. The van der Waals surface area contributed by atoms with E-state index in [1.165, 1.54) is 7.11 Å². The number of methoxy groups -OCH3 is 1. The minimum absolute atomic E-state index is 0.00322. The number of aromatic nitrogens is 2. The van der Waals surface area contributed by atoms with Crippen molar-refractivity contribution in [1.29, 1.82) is 0 Å². The third-order valence-electron chi connectivity index (χ3n) is 3.81. The van der Waals surface area contributed by atoms with Crippen molar-refractivity contribution < 1.29 is 23.6 Å². The van der Waals surface area contributed by atoms with Gasteiger partial charge in [0.05, 0.1) is 13.5 Å². The minimum atomic E-state index is -1.11. The number of aryl methyl sites for hydroxylation is 1. The van der Waals surface area contributed by atoms with E-state index in [9.17, 15) is 9.59 Å². The van der Waals surface area contributed by atoms with Crippen LogP contribution < -0.4 is 0 Å². The Balaban J connectivity index is 1.60. The Hall–Kier alpha value is -3.48. The number of carbonyl (C=O) groups is 2. The van der Waals surface area contributed by atoms with Crippen LogP contribution in [0.15, 0.2) is 65.2 Å². The molecule has 0 aliphatic carbocycles. The molecule has 0 N–H and O–H groups in total. The quantitative estimate of drug-likeness (QED) is 0.593. The smallest absolute Gasteiger partial charge is 0.351 e. The standard InChI is InChI=1S/C20H18N2O5/c1-25-20(24)18(14-8-4-2-5-9-14)26-17(23)13-12-16-21-19(22-27-16)15-10-6-3-7-11-15/h2-11,18H,12-13H2,1H3. The third kappa shape index (κ3) is 4.78. The highest BCUT2D eigenvalue weighted by atomic mass is 16.6. The molecule has 7 heteroatoms. The molecule has 1 aromatic heterocycles. The number of nitrogens with zero attached hydrogens (tertiary/aromatic N) is 2. The van der Waals surface area contributed by atoms with Crippen LogP contribution in [0.1, 0.15) is 24.0 Å². The predicted molar refractivity (Wildman–Crippen MR) is 95.3 cm³/mol. The molecule has 138 valence electrons. The van der Waals surface area contributed by atoms with Gasteiger partial charge in [0.1, 0.15) is 0 Å². The minimum Gasteiger partial charge on any atom is -0.466 e. The van der Waals surface area contributed by atoms with Gasteiger partial charge in [-0.25, -0.2) is 4.79 Å². The number of esters is 2. The van der Waals surface area contributed by atoms with Crippen LogP contribution in [0.4, 0.5) is 0 Å². The van der Waals surface area contributed by atoms with Crippen molar-refractivity contribution in [3.63, 3.8) is 0 Å². The molecular weight excluding hydrogens is 348 g/mol. The predicted octanol–water partition coefficient (Wildman–Crippen LogP) is 3.13. The van der Waals surface area contributed by atoms with Crippen LogP contribution in [0.5, 0.6) is 0 Å². The Morgan fingerprint density at radius 2 is 1.70 bits per heavy atom. The summed E-state index contributed by atoms with van der Waals surface area (Å²) in [6.07, 6.45) is -0.899. The van der Waals surface area contributed by atoms with Gasteiger partial charge in [0, 0.05) is 17.5 Å². The zero-order valence-electron chi connectivity index (χ0n) is 14.7. The summed E-state index contributed by atoms with van der Waals surface area (Å²) in [6, 6.07) is 18.1. The second-order valence-corrected chi connectivity index (χ2v) is 5.68. The summed E-state index contributed by atoms with van der Waals surface area (Å²) in [4.78, 5) is 28.4. The first kappa shape index (κ1) is 18.3. The van der Waals surface area contributed by atoms with E-state index >= 15 is 0 Å². The van der Waals surface area contributed by atoms with Gasteiger partial charge in [-0.05, 0) is 0 Å². The molecule has 2 aromatic carbocycles. The summed E-state index contributed by atoms with van der Waals surface area (Å²) in [5, 5.41) is 3.90. The van der Waals surface area contributed by atoms with Crippen molar-refractivity contribution in [2.24, 2.45) is 0 Å². The maximum Gasteiger partial charge on any atom is 0.351 e. The van der Waals surface area contributed by atoms with Gasteiger partial charge in [-0.15, -0.1) is 0 Å². The van der Waals surface area contributed by atoms with Crippen LogP contribution in [0, 0.1) is 0 Å². The summed E-state index contributed by atoms with van der Waals surface area (Å²) in [5.41, 5.74) is 1.37. The molecule has 0 spiro atoms. The van der Waals surface area contributed by atoms with Gasteiger partial charge in [-0.1, -0.05) is 65.8 Å². The Labute approximate surface area is 155 Å². The second-order valence-electron chi connectivity index (χ2n) is 5.68. The maximum absolute atomic E-state index is 12.2. The first-order chi connectivity index (χ1) is 13.2. The topological polar surface area (TPSA) is 91.5 Å². The average Bonchev–Trinajstić information content (AvgIpc) is 3.20. The van der Waals surface area contributed by atoms with Gasteiger partial charge in [0.2, 0.25) is 17.8 Å². The van der Waals surface area contributed by atoms with Crippen LogP contribution in [0.3, 0.4) is 0 Å². The molecule has 0 saturated carbocycles. The van der Waals surface area contributed by atoms with E-state index in [1.54, 1.807) is 30.3 Å². The van der Waals surface area contributed by atoms with Crippen molar-refractivity contribution >= 4 is 11.9 Å². The van der Waals surface area contributed by atoms with E-state index in [1.807, 2.05) is 30.3 Å². The molecule has 3 aromatic rings. The van der Waals surface area contributed by atoms with E-state index in [2.05, 4.69) is 10.1 Å². The lowest BCUT2D eigenvalue weighted by Gasteiger charge is -2.15. The largest absolute Gasteiger partial charge is 0.466 e. The highest BCUT2D eigenvalue weighted by molar-refractivity contribution is 5.80. The Morgan fingerprint density at radius 1 is 1.04 bits per heavy atom. The normalized spacial score (nSPS) is 11.6. The number of benzene rings is 2. The molecule has 0 bridgehead atoms. The van der Waals surface area contributed by atoms with Gasteiger partial charge < -0.3 is 14.0 Å². The van der Waals surface area contributed by atoms with Crippen LogP contribution in [0.2, 0.25) is 0 Å². The van der Waals surface area contributed by atoms with E-state index in [0.29, 0.717) is 17.3 Å². The maximum atomic E-state index is 12.2. The number of hydrogen-bond acceptors (Lipinski definition) is 7. The molecule has 0 aliphatic heterocycles. The van der Waals surface area contributed by atoms with Crippen LogP contribution in [0.25, 0.3) is 11.4 Å². The lowest BCUT2D eigenvalue weighted by Crippen LogP contribution is -2.21. The fraction of sp³-hybridized carbons (Fsp3) is 0.200. The van der Waals surface area contributed by atoms with Gasteiger partial charge >= 0.3 is 11.9 Å². The molecule has 0 radical (unpaired) electrons. The van der Waals surface area contributed by atoms with E-state index < -0.39 is 18.0 Å². The molecule has 0 saturated heterocycles. The Bertz CT molecular complexity index is 893. The van der Waals surface area contributed by atoms with Gasteiger partial charge in [-0.2, -0.15) is 4.98 Å². The van der Waals surface area contributed by atoms with Crippen LogP contribution in [-0.2, 0) is 25.5 Å². The van der Waals surface area contributed by atoms with Crippen molar-refractivity contribution in [1.82, 2.24) is 10.1 Å². The number of ether oxygens (including phenoxy) is 2. The van der Waals surface area contributed by atoms with Crippen molar-refractivity contribution in [3.05, 3.63) is 72.1 Å². The highest BCUT2D eigenvalue weighted by Gasteiger charge is 2.25. The Kier molecular flexibility index (Phi) is 5.94. The number of rotatable bonds is 7. The van der Waals surface area contributed by atoms with Gasteiger partial charge in [0.25, 0.3) is 0 Å². The molecule has 1 heterocycles. The molecule has 27 heavy (non-hydrogen) atoms. The fourth-order valence-corrected chi connectivity index (χ4v) is 2.45. The molecule has 0 fully saturated rings. The van der Waals surface area contributed by atoms with Gasteiger partial charge in [0.15, 0.2) is 0 Å². The molecular formula is C20H18N2O5. The molecule has 1 unspecified atom stereocenters. The fourth-order valence-electron chi connectivity index (χ4n) is 2.45. The summed E-state index contributed by atoms with van der Waals surface area (Å²) >= 11 is 0. The van der Waals surface area contributed by atoms with Gasteiger partial charge in [-0.3, -0.25) is 4.79 Å². The van der Waals surface area contributed by atoms with E-state index in [-0.39, 0.29) is 12.8 Å².